The second-order valence-electron chi connectivity index (χ2n) is 8.60. The number of morpholine rings is 1. The van der Waals surface area contributed by atoms with E-state index in [4.69, 9.17) is 9.47 Å². The minimum absolute atomic E-state index is 0.0286. The average molecular weight is 434 g/mol. The van der Waals surface area contributed by atoms with Crippen LogP contribution in [-0.4, -0.2) is 101 Å². The zero-order valence-corrected chi connectivity index (χ0v) is 17.3. The zero-order chi connectivity index (χ0) is 22.3. The number of likely N-dealkylation sites (N-methyl/N-ethyl adjacent to an activating group) is 1. The van der Waals surface area contributed by atoms with Crippen LogP contribution in [0.25, 0.3) is 0 Å². The summed E-state index contributed by atoms with van der Waals surface area (Å²) in [6.45, 7) is 2.84. The molecule has 2 saturated heterocycles. The number of benzene rings is 1. The molecule has 11 heteroatoms. The van der Waals surface area contributed by atoms with Crippen LogP contribution in [0, 0.1) is 0 Å². The molecular weight excluding hydrogens is 407 g/mol. The maximum atomic E-state index is 12.4. The van der Waals surface area contributed by atoms with Crippen LogP contribution in [0.5, 0.6) is 11.5 Å². The number of aromatic hydroxyl groups is 1. The summed E-state index contributed by atoms with van der Waals surface area (Å²) in [5, 5.41) is 38.6. The summed E-state index contributed by atoms with van der Waals surface area (Å²) in [5.74, 6) is -2.46. The molecule has 1 aromatic rings. The second-order valence-corrected chi connectivity index (χ2v) is 8.60. The SMILES string of the molecule is CN1CCO[C@H](CC(=O)N2CC(Oc3ccc([C@H]4C[C@H]4B(O)O)c(O)c3C(=O)O)C2)C1. The standard InChI is InChI=1S/C20H27BN2O8/c1-22-4-5-30-11(8-22)6-17(24)23-9-12(10-23)31-16-3-2-13(14-7-15(14)21(28)29)19(25)18(16)20(26)27/h2-3,11-12,14-15,25,28-29H,4-10H2,1H3,(H,26,27)/t11-,14-,15-/m1/s1. The van der Waals surface area contributed by atoms with Gasteiger partial charge in [0.05, 0.1) is 32.2 Å². The molecule has 1 amide bonds. The van der Waals surface area contributed by atoms with E-state index in [9.17, 15) is 29.9 Å². The monoisotopic (exact) mass is 434 g/mol. The molecule has 1 aromatic carbocycles. The normalized spacial score (nSPS) is 26.3. The number of aromatic carboxylic acids is 1. The largest absolute Gasteiger partial charge is 0.507 e. The van der Waals surface area contributed by atoms with Gasteiger partial charge in [0.2, 0.25) is 5.91 Å². The van der Waals surface area contributed by atoms with E-state index in [1.165, 1.54) is 6.07 Å². The van der Waals surface area contributed by atoms with Crippen molar-refractivity contribution in [2.75, 3.05) is 39.8 Å². The molecule has 4 rings (SSSR count). The Hall–Kier alpha value is -2.34. The maximum Gasteiger partial charge on any atom is 0.455 e. The first kappa shape index (κ1) is 21.9. The summed E-state index contributed by atoms with van der Waals surface area (Å²) < 4.78 is 11.4. The third kappa shape index (κ3) is 4.64. The number of carbonyl (C=O) groups excluding carboxylic acids is 1. The molecular formula is C20H27BN2O8. The van der Waals surface area contributed by atoms with E-state index in [-0.39, 0.29) is 35.3 Å². The Balaban J connectivity index is 1.35. The predicted octanol–water partition coefficient (Wildman–Crippen LogP) is -0.269. The van der Waals surface area contributed by atoms with Gasteiger partial charge < -0.3 is 39.5 Å². The third-order valence-electron chi connectivity index (χ3n) is 6.25. The highest BCUT2D eigenvalue weighted by molar-refractivity contribution is 6.44. The Bertz CT molecular complexity index is 860. The highest BCUT2D eigenvalue weighted by Gasteiger charge is 2.48. The molecule has 10 nitrogen and oxygen atoms in total. The molecule has 2 heterocycles. The van der Waals surface area contributed by atoms with E-state index in [1.807, 2.05) is 7.05 Å². The number of carboxylic acids is 1. The molecule has 0 aromatic heterocycles. The van der Waals surface area contributed by atoms with Crippen LogP contribution in [0.2, 0.25) is 5.82 Å². The second kappa shape index (κ2) is 8.66. The Morgan fingerprint density at radius 1 is 1.26 bits per heavy atom. The van der Waals surface area contributed by atoms with Crippen molar-refractivity contribution in [2.24, 2.45) is 0 Å². The summed E-state index contributed by atoms with van der Waals surface area (Å²) in [7, 11) is 0.482. The first-order chi connectivity index (χ1) is 14.7. The molecule has 0 radical (unpaired) electrons. The van der Waals surface area contributed by atoms with Crippen molar-refractivity contribution in [2.45, 2.75) is 36.8 Å². The van der Waals surface area contributed by atoms with Crippen molar-refractivity contribution in [1.29, 1.82) is 0 Å². The third-order valence-corrected chi connectivity index (χ3v) is 6.25. The van der Waals surface area contributed by atoms with Crippen molar-refractivity contribution in [3.63, 3.8) is 0 Å². The lowest BCUT2D eigenvalue weighted by Crippen LogP contribution is -2.57. The van der Waals surface area contributed by atoms with Crippen LogP contribution in [0.4, 0.5) is 0 Å². The summed E-state index contributed by atoms with van der Waals surface area (Å²) in [5.41, 5.74) is 0.0183. The number of carboxylic acid groups (broad SMARTS) is 1. The first-order valence-corrected chi connectivity index (χ1v) is 10.4. The lowest BCUT2D eigenvalue weighted by atomic mass is 9.81. The van der Waals surface area contributed by atoms with Crippen molar-refractivity contribution < 1.29 is 39.3 Å². The van der Waals surface area contributed by atoms with Gasteiger partial charge in [-0.25, -0.2) is 4.79 Å². The quantitative estimate of drug-likeness (QED) is 0.427. The van der Waals surface area contributed by atoms with E-state index < -0.39 is 24.7 Å². The zero-order valence-electron chi connectivity index (χ0n) is 17.3. The molecule has 3 atom stereocenters. The van der Waals surface area contributed by atoms with E-state index in [0.29, 0.717) is 44.6 Å². The number of hydrogen-bond donors (Lipinski definition) is 4. The minimum Gasteiger partial charge on any atom is -0.507 e. The fourth-order valence-corrected chi connectivity index (χ4v) is 4.30. The van der Waals surface area contributed by atoms with Crippen LogP contribution in [-0.2, 0) is 9.53 Å². The van der Waals surface area contributed by atoms with Crippen LogP contribution in [0.1, 0.15) is 34.7 Å². The molecule has 0 unspecified atom stereocenters. The number of amides is 1. The maximum absolute atomic E-state index is 12.4. The van der Waals surface area contributed by atoms with E-state index in [0.717, 1.165) is 6.54 Å². The highest BCUT2D eigenvalue weighted by atomic mass is 16.5. The van der Waals surface area contributed by atoms with Crippen molar-refractivity contribution in [3.8, 4) is 11.5 Å². The molecule has 168 valence electrons. The fraction of sp³-hybridized carbons (Fsp3) is 0.600. The molecule has 0 spiro atoms. The molecule has 3 aliphatic rings. The van der Waals surface area contributed by atoms with E-state index in [1.54, 1.807) is 11.0 Å². The Kier molecular flexibility index (Phi) is 6.11. The molecule has 3 fully saturated rings. The summed E-state index contributed by atoms with van der Waals surface area (Å²) in [6.07, 6.45) is 0.268. The number of hydrogen-bond acceptors (Lipinski definition) is 8. The Morgan fingerprint density at radius 3 is 2.61 bits per heavy atom. The minimum atomic E-state index is -1.51. The smallest absolute Gasteiger partial charge is 0.455 e. The van der Waals surface area contributed by atoms with E-state index in [2.05, 4.69) is 4.90 Å². The molecule has 1 saturated carbocycles. The summed E-state index contributed by atoms with van der Waals surface area (Å²) >= 11 is 0. The molecule has 1 aliphatic carbocycles. The number of rotatable bonds is 7. The van der Waals surface area contributed by atoms with Crippen LogP contribution in [0.15, 0.2) is 12.1 Å². The highest BCUT2D eigenvalue weighted by Crippen LogP contribution is 2.56. The van der Waals surface area contributed by atoms with Crippen LogP contribution in [0.3, 0.4) is 0 Å². The summed E-state index contributed by atoms with van der Waals surface area (Å²) in [4.78, 5) is 27.9. The van der Waals surface area contributed by atoms with E-state index >= 15 is 0 Å². The van der Waals surface area contributed by atoms with Crippen LogP contribution >= 0.6 is 0 Å². The van der Waals surface area contributed by atoms with Gasteiger partial charge in [-0.05, 0) is 31.0 Å². The van der Waals surface area contributed by atoms with Gasteiger partial charge in [0.1, 0.15) is 23.2 Å². The predicted molar refractivity (Wildman–Crippen MR) is 109 cm³/mol. The molecule has 2 aliphatic heterocycles. The van der Waals surface area contributed by atoms with Crippen LogP contribution < -0.4 is 4.74 Å². The van der Waals surface area contributed by atoms with Gasteiger partial charge >= 0.3 is 13.1 Å². The average Bonchev–Trinajstić information content (AvgIpc) is 3.44. The van der Waals surface area contributed by atoms with Gasteiger partial charge in [0, 0.05) is 18.9 Å². The van der Waals surface area contributed by atoms with Gasteiger partial charge in [-0.2, -0.15) is 0 Å². The van der Waals surface area contributed by atoms with Crippen molar-refractivity contribution in [3.05, 3.63) is 23.3 Å². The number of phenols is 1. The fourth-order valence-electron chi connectivity index (χ4n) is 4.30. The Labute approximate surface area is 180 Å². The first-order valence-electron chi connectivity index (χ1n) is 10.4. The number of carbonyl (C=O) groups is 2. The number of ether oxygens (including phenoxy) is 2. The number of likely N-dealkylation sites (tertiary alicyclic amines) is 1. The number of nitrogens with zero attached hydrogens (tertiary/aromatic N) is 2. The molecule has 4 N–H and O–H groups in total. The topological polar surface area (TPSA) is 140 Å². The van der Waals surface area contributed by atoms with Gasteiger partial charge in [-0.15, -0.1) is 0 Å². The van der Waals surface area contributed by atoms with Crippen molar-refractivity contribution >= 4 is 19.0 Å². The van der Waals surface area contributed by atoms with Crippen molar-refractivity contribution in [1.82, 2.24) is 9.80 Å². The molecule has 0 bridgehead atoms. The van der Waals surface area contributed by atoms with Gasteiger partial charge in [-0.3, -0.25) is 4.79 Å². The Morgan fingerprint density at radius 2 is 2.00 bits per heavy atom. The lowest BCUT2D eigenvalue weighted by Gasteiger charge is -2.40. The lowest BCUT2D eigenvalue weighted by molar-refractivity contribution is -0.144. The van der Waals surface area contributed by atoms with Gasteiger partial charge in [0.25, 0.3) is 0 Å². The summed E-state index contributed by atoms with van der Waals surface area (Å²) in [6, 6.07) is 3.04. The van der Waals surface area contributed by atoms with Gasteiger partial charge in [-0.1, -0.05) is 6.07 Å². The molecule has 31 heavy (non-hydrogen) atoms. The van der Waals surface area contributed by atoms with Gasteiger partial charge in [0.15, 0.2) is 0 Å².